The summed E-state index contributed by atoms with van der Waals surface area (Å²) < 4.78 is 14.9. The molecule has 0 radical (unpaired) electrons. The molecule has 13 nitrogen and oxygen atoms in total. The van der Waals surface area contributed by atoms with Crippen molar-refractivity contribution in [2.45, 2.75) is 19.8 Å². The van der Waals surface area contributed by atoms with Gasteiger partial charge in [-0.15, -0.1) is 0 Å². The van der Waals surface area contributed by atoms with E-state index in [9.17, 15) is 39.5 Å². The number of aromatic hydroxyl groups is 2. The molecule has 39 heavy (non-hydrogen) atoms. The van der Waals surface area contributed by atoms with E-state index < -0.39 is 59.1 Å². The Balaban J connectivity index is 1.80. The van der Waals surface area contributed by atoms with Crippen LogP contribution in [0, 0.1) is 10.1 Å². The molecule has 1 atom stereocenters. The molecule has 2 aromatic carbocycles. The molecule has 13 heteroatoms. The number of methoxy groups -OCH3 is 1. The second-order valence-corrected chi connectivity index (χ2v) is 8.25. The molecule has 0 aliphatic carbocycles. The van der Waals surface area contributed by atoms with E-state index in [2.05, 4.69) is 5.32 Å². The smallest absolute Gasteiger partial charge is 0.379 e. The van der Waals surface area contributed by atoms with Crippen LogP contribution in [-0.2, 0) is 28.6 Å². The number of ether oxygens (including phenoxy) is 3. The number of ketones is 1. The molecule has 0 aromatic heterocycles. The third kappa shape index (κ3) is 6.04. The lowest BCUT2D eigenvalue weighted by atomic mass is 9.79. The minimum atomic E-state index is -1.37. The summed E-state index contributed by atoms with van der Waals surface area (Å²) in [7, 11) is 1.13. The minimum absolute atomic E-state index is 0.0349. The summed E-state index contributed by atoms with van der Waals surface area (Å²) >= 11 is 0. The van der Waals surface area contributed by atoms with Crippen LogP contribution in [0.15, 0.2) is 65.0 Å². The van der Waals surface area contributed by atoms with Gasteiger partial charge in [0.15, 0.2) is 0 Å². The zero-order valence-electron chi connectivity index (χ0n) is 21.0. The first kappa shape index (κ1) is 28.4. The first-order valence-electron chi connectivity index (χ1n) is 11.4. The number of dihydropyridines is 1. The highest BCUT2D eigenvalue weighted by Crippen LogP contribution is 2.42. The normalized spacial score (nSPS) is 14.8. The number of nitrogens with zero attached hydrogens (tertiary/aromatic N) is 1. The first-order chi connectivity index (χ1) is 18.5. The number of phenols is 2. The number of hydrogen-bond donors (Lipinski definition) is 3. The molecule has 1 unspecified atom stereocenters. The second-order valence-electron chi connectivity index (χ2n) is 8.25. The molecule has 0 saturated carbocycles. The standard InChI is InChI=1S/C26H24N2O11/c1-13-20(24(32)37-3)22(16-6-4-5-7-18(16)28(35)36)21(14(2)27-13)25(33)38-10-11-39-26(34)23(31)17-12-15(29)8-9-19(17)30/h4-9,12,22,27,29-30H,10-11H2,1-3H3. The topological polar surface area (TPSA) is 192 Å². The van der Waals surface area contributed by atoms with Crippen LogP contribution < -0.4 is 5.32 Å². The van der Waals surface area contributed by atoms with E-state index in [-0.39, 0.29) is 33.8 Å². The molecule has 3 N–H and O–H groups in total. The maximum atomic E-state index is 13.2. The van der Waals surface area contributed by atoms with Gasteiger partial charge in [0.2, 0.25) is 0 Å². The van der Waals surface area contributed by atoms with Crippen LogP contribution in [0.5, 0.6) is 11.5 Å². The SMILES string of the molecule is COC(=O)C1=C(C)NC(C)=C(C(=O)OCCOC(=O)C(=O)c2cc(O)ccc2O)C1c1ccccc1[N+](=O)[O-]. The summed E-state index contributed by atoms with van der Waals surface area (Å²) in [6.07, 6.45) is 0. The van der Waals surface area contributed by atoms with Gasteiger partial charge in [-0.3, -0.25) is 14.9 Å². The van der Waals surface area contributed by atoms with Gasteiger partial charge in [0, 0.05) is 23.0 Å². The zero-order valence-corrected chi connectivity index (χ0v) is 21.0. The molecule has 0 saturated heterocycles. The molecule has 1 aliphatic heterocycles. The van der Waals surface area contributed by atoms with Gasteiger partial charge in [-0.2, -0.15) is 0 Å². The highest BCUT2D eigenvalue weighted by atomic mass is 16.6. The Labute approximate surface area is 221 Å². The maximum absolute atomic E-state index is 13.2. The summed E-state index contributed by atoms with van der Waals surface area (Å²) in [6, 6.07) is 8.65. The number of allylic oxidation sites excluding steroid dienone is 2. The largest absolute Gasteiger partial charge is 0.508 e. The van der Waals surface area contributed by atoms with Crippen molar-refractivity contribution >= 4 is 29.4 Å². The Hall–Kier alpha value is -5.20. The fourth-order valence-electron chi connectivity index (χ4n) is 4.08. The van der Waals surface area contributed by atoms with E-state index >= 15 is 0 Å². The summed E-state index contributed by atoms with van der Waals surface area (Å²) in [5, 5.41) is 33.8. The van der Waals surface area contributed by atoms with Gasteiger partial charge in [-0.25, -0.2) is 14.4 Å². The Bertz CT molecular complexity index is 1420. The Morgan fingerprint density at radius 3 is 2.21 bits per heavy atom. The maximum Gasteiger partial charge on any atom is 0.379 e. The molecule has 0 fully saturated rings. The highest BCUT2D eigenvalue weighted by Gasteiger charge is 2.40. The molecule has 2 aromatic rings. The van der Waals surface area contributed by atoms with E-state index in [0.29, 0.717) is 5.70 Å². The average Bonchev–Trinajstić information content (AvgIpc) is 2.90. The minimum Gasteiger partial charge on any atom is -0.508 e. The van der Waals surface area contributed by atoms with Crippen molar-refractivity contribution in [3.8, 4) is 11.5 Å². The number of hydrogen-bond acceptors (Lipinski definition) is 12. The lowest BCUT2D eigenvalue weighted by molar-refractivity contribution is -0.385. The van der Waals surface area contributed by atoms with E-state index in [1.807, 2.05) is 0 Å². The van der Waals surface area contributed by atoms with Crippen molar-refractivity contribution in [1.29, 1.82) is 0 Å². The van der Waals surface area contributed by atoms with Gasteiger partial charge < -0.3 is 29.7 Å². The van der Waals surface area contributed by atoms with Gasteiger partial charge in [-0.05, 0) is 32.0 Å². The highest BCUT2D eigenvalue weighted by molar-refractivity contribution is 6.41. The zero-order chi connectivity index (χ0) is 28.9. The van der Waals surface area contributed by atoms with E-state index in [0.717, 1.165) is 25.3 Å². The van der Waals surface area contributed by atoms with Crippen LogP contribution in [0.2, 0.25) is 0 Å². The molecule has 1 heterocycles. The van der Waals surface area contributed by atoms with Crippen molar-refractivity contribution in [1.82, 2.24) is 5.32 Å². The fraction of sp³-hybridized carbons (Fsp3) is 0.231. The number of carbonyl (C=O) groups excluding carboxylic acids is 4. The number of nitro groups is 1. The lowest BCUT2D eigenvalue weighted by Gasteiger charge is -2.30. The summed E-state index contributed by atoms with van der Waals surface area (Å²) in [5.41, 5.74) is -0.315. The Morgan fingerprint density at radius 1 is 0.949 bits per heavy atom. The molecule has 204 valence electrons. The number of benzene rings is 2. The van der Waals surface area contributed by atoms with Crippen LogP contribution in [0.3, 0.4) is 0 Å². The number of nitrogens with one attached hydrogen (secondary N) is 1. The van der Waals surface area contributed by atoms with Gasteiger partial charge in [-0.1, -0.05) is 18.2 Å². The third-order valence-corrected chi connectivity index (χ3v) is 5.79. The van der Waals surface area contributed by atoms with Crippen LogP contribution in [0.1, 0.15) is 35.7 Å². The summed E-state index contributed by atoms with van der Waals surface area (Å²) in [5.74, 6) is -6.50. The molecule has 1 aliphatic rings. The van der Waals surface area contributed by atoms with E-state index in [1.54, 1.807) is 6.92 Å². The van der Waals surface area contributed by atoms with Crippen LogP contribution in [0.25, 0.3) is 0 Å². The van der Waals surface area contributed by atoms with Gasteiger partial charge >= 0.3 is 17.9 Å². The third-order valence-electron chi connectivity index (χ3n) is 5.79. The number of nitro benzene ring substituents is 1. The first-order valence-corrected chi connectivity index (χ1v) is 11.4. The van der Waals surface area contributed by atoms with Crippen LogP contribution >= 0.6 is 0 Å². The van der Waals surface area contributed by atoms with Crippen molar-refractivity contribution in [2.75, 3.05) is 20.3 Å². The molecular formula is C26H24N2O11. The number of carbonyl (C=O) groups is 4. The second kappa shape index (κ2) is 11.9. The predicted octanol–water partition coefficient (Wildman–Crippen LogP) is 2.38. The van der Waals surface area contributed by atoms with Crippen LogP contribution in [-0.4, -0.2) is 59.2 Å². The van der Waals surface area contributed by atoms with Gasteiger partial charge in [0.1, 0.15) is 24.7 Å². The monoisotopic (exact) mass is 540 g/mol. The summed E-state index contributed by atoms with van der Waals surface area (Å²) in [6.45, 7) is 2.02. The fourth-order valence-corrected chi connectivity index (χ4v) is 4.08. The summed E-state index contributed by atoms with van der Waals surface area (Å²) in [4.78, 5) is 61.3. The van der Waals surface area contributed by atoms with Crippen LogP contribution in [0.4, 0.5) is 5.69 Å². The van der Waals surface area contributed by atoms with Gasteiger partial charge in [0.05, 0.1) is 34.7 Å². The lowest BCUT2D eigenvalue weighted by Crippen LogP contribution is -2.33. The van der Waals surface area contributed by atoms with Crippen molar-refractivity contribution < 1.29 is 48.5 Å². The van der Waals surface area contributed by atoms with Crippen molar-refractivity contribution in [2.24, 2.45) is 0 Å². The van der Waals surface area contributed by atoms with Gasteiger partial charge in [0.25, 0.3) is 11.5 Å². The average molecular weight is 540 g/mol. The predicted molar refractivity (Wildman–Crippen MR) is 132 cm³/mol. The number of phenolic OH excluding ortho intramolecular Hbond substituents is 2. The van der Waals surface area contributed by atoms with E-state index in [4.69, 9.17) is 14.2 Å². The number of rotatable bonds is 9. The van der Waals surface area contributed by atoms with Crippen molar-refractivity contribution in [3.63, 3.8) is 0 Å². The Kier molecular flexibility index (Phi) is 8.66. The molecule has 0 bridgehead atoms. The number of para-hydroxylation sites is 1. The van der Waals surface area contributed by atoms with Crippen molar-refractivity contribution in [3.05, 3.63) is 86.2 Å². The Morgan fingerprint density at radius 2 is 1.56 bits per heavy atom. The van der Waals surface area contributed by atoms with E-state index in [1.165, 1.54) is 31.2 Å². The number of Topliss-reactive ketones (excluding diaryl/α,β-unsaturated/α-hetero) is 1. The molecule has 3 rings (SSSR count). The molecular weight excluding hydrogens is 516 g/mol. The number of esters is 3. The molecule has 0 spiro atoms. The molecule has 0 amide bonds. The quantitative estimate of drug-likeness (QED) is 0.0616.